The fraction of sp³-hybridized carbons (Fsp3) is 0.188. The van der Waals surface area contributed by atoms with Crippen molar-refractivity contribution in [1.82, 2.24) is 0 Å². The number of aliphatic carboxylic acids is 1. The average Bonchev–Trinajstić information content (AvgIpc) is 3.25. The van der Waals surface area contributed by atoms with Crippen LogP contribution in [0.25, 0.3) is 0 Å². The molecule has 2 aromatic rings. The van der Waals surface area contributed by atoms with Crippen LogP contribution in [0.3, 0.4) is 0 Å². The van der Waals surface area contributed by atoms with E-state index >= 15 is 0 Å². The first-order chi connectivity index (χ1) is 10.1. The van der Waals surface area contributed by atoms with Gasteiger partial charge in [0.05, 0.1) is 4.92 Å². The summed E-state index contributed by atoms with van der Waals surface area (Å²) in [6, 6.07) is 15.3. The fourth-order valence-electron chi connectivity index (χ4n) is 2.91. The van der Waals surface area contributed by atoms with Crippen molar-refractivity contribution in [1.29, 1.82) is 0 Å². The van der Waals surface area contributed by atoms with Crippen LogP contribution in [-0.2, 0) is 10.2 Å². The van der Waals surface area contributed by atoms with Gasteiger partial charge in [0.2, 0.25) is 0 Å². The number of non-ortho nitro benzene ring substituents is 1. The van der Waals surface area contributed by atoms with Gasteiger partial charge in [0.25, 0.3) is 5.69 Å². The average molecular weight is 283 g/mol. The monoisotopic (exact) mass is 283 g/mol. The van der Waals surface area contributed by atoms with E-state index in [0.29, 0.717) is 12.0 Å². The highest BCUT2D eigenvalue weighted by atomic mass is 16.6. The molecule has 106 valence electrons. The first-order valence-corrected chi connectivity index (χ1v) is 6.59. The van der Waals surface area contributed by atoms with Crippen molar-refractivity contribution in [3.63, 3.8) is 0 Å². The molecule has 0 aliphatic heterocycles. The topological polar surface area (TPSA) is 80.4 Å². The molecule has 1 saturated carbocycles. The lowest BCUT2D eigenvalue weighted by Gasteiger charge is -2.13. The number of hydrogen-bond acceptors (Lipinski definition) is 3. The molecule has 5 heteroatoms. The minimum Gasteiger partial charge on any atom is -0.481 e. The SMILES string of the molecule is O=C(O)[C@]1(c2ccc([N+](=O)[O-])cc2)C[C@H]1c1ccccc1. The van der Waals surface area contributed by atoms with Gasteiger partial charge in [-0.25, -0.2) is 0 Å². The summed E-state index contributed by atoms with van der Waals surface area (Å²) in [7, 11) is 0. The van der Waals surface area contributed by atoms with Crippen molar-refractivity contribution in [2.45, 2.75) is 17.8 Å². The Morgan fingerprint density at radius 3 is 2.29 bits per heavy atom. The Kier molecular flexibility index (Phi) is 2.97. The number of carboxylic acids is 1. The largest absolute Gasteiger partial charge is 0.481 e. The molecule has 2 aromatic carbocycles. The number of carbonyl (C=O) groups is 1. The number of hydrogen-bond donors (Lipinski definition) is 1. The molecule has 0 heterocycles. The summed E-state index contributed by atoms with van der Waals surface area (Å²) in [4.78, 5) is 22.0. The Labute approximate surface area is 121 Å². The van der Waals surface area contributed by atoms with Gasteiger partial charge in [-0.05, 0) is 17.5 Å². The van der Waals surface area contributed by atoms with Gasteiger partial charge in [-0.2, -0.15) is 0 Å². The molecular formula is C16H13NO4. The first-order valence-electron chi connectivity index (χ1n) is 6.59. The van der Waals surface area contributed by atoms with Gasteiger partial charge in [0.1, 0.15) is 5.41 Å². The summed E-state index contributed by atoms with van der Waals surface area (Å²) < 4.78 is 0. The maximum atomic E-state index is 11.8. The molecule has 3 rings (SSSR count). The summed E-state index contributed by atoms with van der Waals surface area (Å²) in [5.74, 6) is -0.970. The molecule has 21 heavy (non-hydrogen) atoms. The van der Waals surface area contributed by atoms with Crippen LogP contribution in [0.5, 0.6) is 0 Å². The van der Waals surface area contributed by atoms with E-state index in [-0.39, 0.29) is 11.6 Å². The quantitative estimate of drug-likeness (QED) is 0.690. The lowest BCUT2D eigenvalue weighted by Crippen LogP contribution is -2.22. The normalized spacial score (nSPS) is 23.5. The maximum absolute atomic E-state index is 11.8. The van der Waals surface area contributed by atoms with Crippen molar-refractivity contribution in [2.24, 2.45) is 0 Å². The third kappa shape index (κ3) is 2.07. The van der Waals surface area contributed by atoms with E-state index in [1.165, 1.54) is 12.1 Å². The van der Waals surface area contributed by atoms with Crippen LogP contribution in [0.2, 0.25) is 0 Å². The van der Waals surface area contributed by atoms with E-state index in [0.717, 1.165) is 5.56 Å². The van der Waals surface area contributed by atoms with E-state index in [1.807, 2.05) is 30.3 Å². The van der Waals surface area contributed by atoms with E-state index < -0.39 is 16.3 Å². The van der Waals surface area contributed by atoms with Gasteiger partial charge in [-0.1, -0.05) is 42.5 Å². The third-order valence-corrected chi connectivity index (χ3v) is 4.14. The molecule has 1 fully saturated rings. The van der Waals surface area contributed by atoms with Crippen LogP contribution in [0.15, 0.2) is 54.6 Å². The van der Waals surface area contributed by atoms with Gasteiger partial charge in [0, 0.05) is 18.1 Å². The third-order valence-electron chi connectivity index (χ3n) is 4.14. The Balaban J connectivity index is 1.97. The van der Waals surface area contributed by atoms with Crippen LogP contribution < -0.4 is 0 Å². The molecule has 1 N–H and O–H groups in total. The minimum atomic E-state index is -0.962. The lowest BCUT2D eigenvalue weighted by atomic mass is 9.90. The second-order valence-electron chi connectivity index (χ2n) is 5.25. The molecule has 0 radical (unpaired) electrons. The second-order valence-corrected chi connectivity index (χ2v) is 5.25. The molecule has 0 spiro atoms. The number of nitro benzene ring substituents is 1. The molecule has 1 aliphatic rings. The Morgan fingerprint density at radius 1 is 1.14 bits per heavy atom. The highest BCUT2D eigenvalue weighted by Crippen LogP contribution is 2.60. The van der Waals surface area contributed by atoms with Crippen molar-refractivity contribution in [2.75, 3.05) is 0 Å². The van der Waals surface area contributed by atoms with E-state index in [9.17, 15) is 20.0 Å². The highest BCUT2D eigenvalue weighted by molar-refractivity contribution is 5.87. The van der Waals surface area contributed by atoms with Crippen LogP contribution >= 0.6 is 0 Å². The van der Waals surface area contributed by atoms with Crippen molar-refractivity contribution in [3.8, 4) is 0 Å². The number of nitro groups is 1. The summed E-state index contributed by atoms with van der Waals surface area (Å²) in [6.07, 6.45) is 0.518. The Hall–Kier alpha value is -2.69. The molecule has 0 saturated heterocycles. The fourth-order valence-corrected chi connectivity index (χ4v) is 2.91. The zero-order valence-corrected chi connectivity index (χ0v) is 11.1. The first kappa shape index (κ1) is 13.3. The zero-order valence-electron chi connectivity index (χ0n) is 11.1. The van der Waals surface area contributed by atoms with Gasteiger partial charge in [0.15, 0.2) is 0 Å². The molecule has 0 amide bonds. The van der Waals surface area contributed by atoms with Crippen LogP contribution in [0.4, 0.5) is 5.69 Å². The smallest absolute Gasteiger partial charge is 0.314 e. The Bertz CT molecular complexity index is 696. The molecule has 0 aromatic heterocycles. The second kappa shape index (κ2) is 4.70. The number of rotatable bonds is 4. The van der Waals surface area contributed by atoms with Crippen molar-refractivity contribution >= 4 is 11.7 Å². The molecular weight excluding hydrogens is 270 g/mol. The minimum absolute atomic E-state index is 0.0313. The summed E-state index contributed by atoms with van der Waals surface area (Å²) in [6.45, 7) is 0. The van der Waals surface area contributed by atoms with E-state index in [1.54, 1.807) is 12.1 Å². The van der Waals surface area contributed by atoms with Gasteiger partial charge < -0.3 is 5.11 Å². The van der Waals surface area contributed by atoms with Crippen LogP contribution in [-0.4, -0.2) is 16.0 Å². The number of benzene rings is 2. The Morgan fingerprint density at radius 2 is 1.76 bits per heavy atom. The lowest BCUT2D eigenvalue weighted by molar-refractivity contribution is -0.384. The zero-order chi connectivity index (χ0) is 15.0. The molecule has 5 nitrogen and oxygen atoms in total. The summed E-state index contributed by atoms with van der Waals surface area (Å²) >= 11 is 0. The predicted octanol–water partition coefficient (Wildman–Crippen LogP) is 3.10. The molecule has 0 unspecified atom stereocenters. The van der Waals surface area contributed by atoms with Gasteiger partial charge in [-0.15, -0.1) is 0 Å². The molecule has 2 atom stereocenters. The van der Waals surface area contributed by atoms with Gasteiger partial charge in [-0.3, -0.25) is 14.9 Å². The van der Waals surface area contributed by atoms with E-state index in [4.69, 9.17) is 0 Å². The summed E-state index contributed by atoms with van der Waals surface area (Å²) in [5.41, 5.74) is 0.611. The van der Waals surface area contributed by atoms with Gasteiger partial charge >= 0.3 is 5.97 Å². The highest BCUT2D eigenvalue weighted by Gasteiger charge is 2.62. The summed E-state index contributed by atoms with van der Waals surface area (Å²) in [5, 5.41) is 20.3. The van der Waals surface area contributed by atoms with E-state index in [2.05, 4.69) is 0 Å². The van der Waals surface area contributed by atoms with Crippen LogP contribution in [0.1, 0.15) is 23.5 Å². The van der Waals surface area contributed by atoms with Crippen LogP contribution in [0, 0.1) is 10.1 Å². The van der Waals surface area contributed by atoms with Crippen molar-refractivity contribution < 1.29 is 14.8 Å². The standard InChI is InChI=1S/C16H13NO4/c18-15(19)16(10-14(16)11-4-2-1-3-5-11)12-6-8-13(9-7-12)17(20)21/h1-9,14H,10H2,(H,18,19)/t14-,16-/m0/s1. The molecule has 0 bridgehead atoms. The predicted molar refractivity (Wildman–Crippen MR) is 76.2 cm³/mol. The van der Waals surface area contributed by atoms with Crippen molar-refractivity contribution in [3.05, 3.63) is 75.8 Å². The number of carboxylic acid groups (broad SMARTS) is 1. The number of nitrogens with zero attached hydrogens (tertiary/aromatic N) is 1. The molecule has 1 aliphatic carbocycles. The maximum Gasteiger partial charge on any atom is 0.314 e.